The monoisotopic (exact) mass is 211 g/mol. The van der Waals surface area contributed by atoms with E-state index in [0.29, 0.717) is 5.56 Å². The Balaban J connectivity index is 3.35. The first kappa shape index (κ1) is 10.9. The normalized spacial score (nSPS) is 9.93. The van der Waals surface area contributed by atoms with Gasteiger partial charge in [-0.25, -0.2) is 4.79 Å². The topological polar surface area (TPSA) is 40.5 Å². The molecule has 0 spiro atoms. The summed E-state index contributed by atoms with van der Waals surface area (Å²) in [5.41, 5.74) is 1.12. The third-order valence-electron chi connectivity index (χ3n) is 1.92. The molecular formula is C10H13NO2S. The van der Waals surface area contributed by atoms with Gasteiger partial charge in [0.1, 0.15) is 0 Å². The molecule has 76 valence electrons. The summed E-state index contributed by atoms with van der Waals surface area (Å²) < 4.78 is 0. The molecule has 0 fully saturated rings. The highest BCUT2D eigenvalue weighted by atomic mass is 32.2. The molecule has 0 saturated heterocycles. The SMILES string of the molecule is CSc1cccc(N(C)C)c1C(=O)O. The van der Waals surface area contributed by atoms with E-state index in [2.05, 4.69) is 0 Å². The lowest BCUT2D eigenvalue weighted by Gasteiger charge is -2.17. The summed E-state index contributed by atoms with van der Waals surface area (Å²) in [5.74, 6) is -0.876. The first-order valence-electron chi connectivity index (χ1n) is 4.15. The fourth-order valence-corrected chi connectivity index (χ4v) is 1.89. The van der Waals surface area contributed by atoms with Crippen LogP contribution in [0.5, 0.6) is 0 Å². The van der Waals surface area contributed by atoms with Crippen LogP contribution in [-0.4, -0.2) is 31.4 Å². The molecule has 0 unspecified atom stereocenters. The Morgan fingerprint density at radius 2 is 2.07 bits per heavy atom. The lowest BCUT2D eigenvalue weighted by Crippen LogP contribution is -2.14. The molecule has 1 N–H and O–H groups in total. The average molecular weight is 211 g/mol. The Hall–Kier alpha value is -1.16. The zero-order chi connectivity index (χ0) is 10.7. The number of carboxylic acid groups (broad SMARTS) is 1. The first-order valence-corrected chi connectivity index (χ1v) is 5.38. The minimum atomic E-state index is -0.876. The Bertz CT molecular complexity index is 350. The van der Waals surface area contributed by atoms with Crippen LogP contribution >= 0.6 is 11.8 Å². The fourth-order valence-electron chi connectivity index (χ4n) is 1.28. The number of carbonyl (C=O) groups is 1. The van der Waals surface area contributed by atoms with E-state index in [1.54, 1.807) is 0 Å². The van der Waals surface area contributed by atoms with Crippen molar-refractivity contribution in [1.29, 1.82) is 0 Å². The van der Waals surface area contributed by atoms with Gasteiger partial charge in [0.2, 0.25) is 0 Å². The molecule has 0 saturated carbocycles. The molecule has 1 aromatic carbocycles. The molecule has 0 aliphatic heterocycles. The van der Waals surface area contributed by atoms with Gasteiger partial charge in [0.05, 0.1) is 11.3 Å². The molecule has 0 atom stereocenters. The van der Waals surface area contributed by atoms with Crippen LogP contribution in [0.1, 0.15) is 10.4 Å². The zero-order valence-corrected chi connectivity index (χ0v) is 9.26. The van der Waals surface area contributed by atoms with Gasteiger partial charge in [-0.3, -0.25) is 0 Å². The summed E-state index contributed by atoms with van der Waals surface area (Å²) in [6.07, 6.45) is 1.88. The smallest absolute Gasteiger partial charge is 0.338 e. The van der Waals surface area contributed by atoms with Gasteiger partial charge in [-0.15, -0.1) is 11.8 Å². The quantitative estimate of drug-likeness (QED) is 0.778. The van der Waals surface area contributed by atoms with Crippen LogP contribution in [0, 0.1) is 0 Å². The molecule has 0 aliphatic carbocycles. The number of benzene rings is 1. The summed E-state index contributed by atoms with van der Waals surface area (Å²) in [4.78, 5) is 13.7. The van der Waals surface area contributed by atoms with Gasteiger partial charge in [-0.05, 0) is 18.4 Å². The molecule has 1 aromatic rings. The molecule has 0 bridgehead atoms. The van der Waals surface area contributed by atoms with Crippen LogP contribution in [0.2, 0.25) is 0 Å². The van der Waals surface area contributed by atoms with Crippen molar-refractivity contribution < 1.29 is 9.90 Å². The third-order valence-corrected chi connectivity index (χ3v) is 2.70. The number of anilines is 1. The van der Waals surface area contributed by atoms with E-state index in [1.807, 2.05) is 43.5 Å². The zero-order valence-electron chi connectivity index (χ0n) is 8.44. The number of aromatic carboxylic acids is 1. The van der Waals surface area contributed by atoms with Gasteiger partial charge >= 0.3 is 5.97 Å². The second kappa shape index (κ2) is 4.37. The van der Waals surface area contributed by atoms with Gasteiger partial charge in [0.25, 0.3) is 0 Å². The highest BCUT2D eigenvalue weighted by molar-refractivity contribution is 7.98. The number of rotatable bonds is 3. The van der Waals surface area contributed by atoms with Crippen LogP contribution < -0.4 is 4.90 Å². The van der Waals surface area contributed by atoms with Gasteiger partial charge in [-0.2, -0.15) is 0 Å². The fraction of sp³-hybridized carbons (Fsp3) is 0.300. The highest BCUT2D eigenvalue weighted by Crippen LogP contribution is 2.28. The van der Waals surface area contributed by atoms with Crippen LogP contribution in [-0.2, 0) is 0 Å². The van der Waals surface area contributed by atoms with Crippen molar-refractivity contribution in [3.05, 3.63) is 23.8 Å². The van der Waals surface area contributed by atoms with Crippen molar-refractivity contribution in [3.63, 3.8) is 0 Å². The minimum Gasteiger partial charge on any atom is -0.478 e. The summed E-state index contributed by atoms with van der Waals surface area (Å²) in [6.45, 7) is 0. The highest BCUT2D eigenvalue weighted by Gasteiger charge is 2.15. The number of hydrogen-bond donors (Lipinski definition) is 1. The summed E-state index contributed by atoms with van der Waals surface area (Å²) in [6, 6.07) is 5.50. The molecule has 3 nitrogen and oxygen atoms in total. The number of carboxylic acids is 1. The van der Waals surface area contributed by atoms with E-state index >= 15 is 0 Å². The van der Waals surface area contributed by atoms with Crippen molar-refractivity contribution in [2.45, 2.75) is 4.90 Å². The van der Waals surface area contributed by atoms with E-state index in [4.69, 9.17) is 5.11 Å². The molecule has 0 heterocycles. The number of nitrogens with zero attached hydrogens (tertiary/aromatic N) is 1. The minimum absolute atomic E-state index is 0.380. The van der Waals surface area contributed by atoms with Gasteiger partial charge < -0.3 is 10.0 Å². The molecule has 0 amide bonds. The molecule has 1 rings (SSSR count). The van der Waals surface area contributed by atoms with Crippen molar-refractivity contribution in [2.24, 2.45) is 0 Å². The second-order valence-electron chi connectivity index (χ2n) is 3.05. The Kier molecular flexibility index (Phi) is 3.41. The molecule has 0 radical (unpaired) electrons. The van der Waals surface area contributed by atoms with Gasteiger partial charge in [0, 0.05) is 19.0 Å². The average Bonchev–Trinajstić information content (AvgIpc) is 2.16. The van der Waals surface area contributed by atoms with Crippen molar-refractivity contribution >= 4 is 23.4 Å². The lowest BCUT2D eigenvalue weighted by atomic mass is 10.1. The second-order valence-corrected chi connectivity index (χ2v) is 3.90. The molecule has 0 aromatic heterocycles. The predicted octanol–water partition coefficient (Wildman–Crippen LogP) is 2.17. The van der Waals surface area contributed by atoms with E-state index < -0.39 is 5.97 Å². The van der Waals surface area contributed by atoms with E-state index in [1.165, 1.54) is 11.8 Å². The number of hydrogen-bond acceptors (Lipinski definition) is 3. The maximum absolute atomic E-state index is 11.1. The molecular weight excluding hydrogens is 198 g/mol. The first-order chi connectivity index (χ1) is 6.57. The Morgan fingerprint density at radius 1 is 1.43 bits per heavy atom. The van der Waals surface area contributed by atoms with Crippen LogP contribution in [0.3, 0.4) is 0 Å². The van der Waals surface area contributed by atoms with E-state index in [0.717, 1.165) is 10.6 Å². The largest absolute Gasteiger partial charge is 0.478 e. The van der Waals surface area contributed by atoms with Gasteiger partial charge in [0.15, 0.2) is 0 Å². The Labute approximate surface area is 87.7 Å². The lowest BCUT2D eigenvalue weighted by molar-refractivity contribution is 0.0694. The number of thioether (sulfide) groups is 1. The maximum atomic E-state index is 11.1. The summed E-state index contributed by atoms with van der Waals surface area (Å²) in [7, 11) is 3.68. The van der Waals surface area contributed by atoms with Crippen LogP contribution in [0.15, 0.2) is 23.1 Å². The van der Waals surface area contributed by atoms with Gasteiger partial charge in [-0.1, -0.05) is 6.07 Å². The Morgan fingerprint density at radius 3 is 2.50 bits per heavy atom. The summed E-state index contributed by atoms with van der Waals surface area (Å²) >= 11 is 1.45. The molecule has 0 aliphatic rings. The standard InChI is InChI=1S/C10H13NO2S/c1-11(2)7-5-4-6-8(14-3)9(7)10(12)13/h4-6H,1-3H3,(H,12,13). The van der Waals surface area contributed by atoms with Crippen LogP contribution in [0.4, 0.5) is 5.69 Å². The van der Waals surface area contributed by atoms with Crippen LogP contribution in [0.25, 0.3) is 0 Å². The van der Waals surface area contributed by atoms with E-state index in [-0.39, 0.29) is 0 Å². The van der Waals surface area contributed by atoms with Crippen molar-refractivity contribution in [1.82, 2.24) is 0 Å². The van der Waals surface area contributed by atoms with Crippen molar-refractivity contribution in [3.8, 4) is 0 Å². The maximum Gasteiger partial charge on any atom is 0.338 e. The van der Waals surface area contributed by atoms with E-state index in [9.17, 15) is 4.79 Å². The summed E-state index contributed by atoms with van der Waals surface area (Å²) in [5, 5.41) is 9.09. The molecule has 14 heavy (non-hydrogen) atoms. The molecule has 4 heteroatoms. The van der Waals surface area contributed by atoms with Crippen molar-refractivity contribution in [2.75, 3.05) is 25.3 Å². The predicted molar refractivity (Wildman–Crippen MR) is 59.5 cm³/mol. The third kappa shape index (κ3) is 2.01.